The lowest BCUT2D eigenvalue weighted by atomic mass is 10.0. The van der Waals surface area contributed by atoms with Gasteiger partial charge in [0.2, 0.25) is 0 Å². The molecule has 2 atom stereocenters. The van der Waals surface area contributed by atoms with Crippen LogP contribution >= 0.6 is 0 Å². The van der Waals surface area contributed by atoms with Crippen molar-refractivity contribution in [1.82, 2.24) is 4.90 Å². The Labute approximate surface area is 157 Å². The van der Waals surface area contributed by atoms with Gasteiger partial charge in [-0.05, 0) is 55.4 Å². The number of amides is 1. The molecule has 1 saturated heterocycles. The molecule has 1 amide bonds. The van der Waals surface area contributed by atoms with E-state index in [1.807, 2.05) is 36.1 Å². The van der Waals surface area contributed by atoms with Gasteiger partial charge in [0.1, 0.15) is 5.75 Å². The van der Waals surface area contributed by atoms with Crippen LogP contribution in [0.2, 0.25) is 0 Å². The fourth-order valence-electron chi connectivity index (χ4n) is 3.75. The van der Waals surface area contributed by atoms with Crippen LogP contribution in [0.3, 0.4) is 0 Å². The highest BCUT2D eigenvalue weighted by Crippen LogP contribution is 2.33. The van der Waals surface area contributed by atoms with Crippen molar-refractivity contribution in [2.45, 2.75) is 58.6 Å². The van der Waals surface area contributed by atoms with Gasteiger partial charge in [0.25, 0.3) is 5.91 Å². The van der Waals surface area contributed by atoms with E-state index in [0.29, 0.717) is 5.92 Å². The zero-order chi connectivity index (χ0) is 18.7. The first-order chi connectivity index (χ1) is 12.5. The van der Waals surface area contributed by atoms with E-state index in [4.69, 9.17) is 4.74 Å². The van der Waals surface area contributed by atoms with Crippen molar-refractivity contribution in [3.8, 4) is 5.75 Å². The SMILES string of the molecule is Cc1ccc(C(C)C)c(OC(C)C(=O)N2CCCC2c2ccccc2)c1. The summed E-state index contributed by atoms with van der Waals surface area (Å²) in [5, 5.41) is 0. The van der Waals surface area contributed by atoms with E-state index in [9.17, 15) is 4.79 Å². The molecule has 0 aromatic heterocycles. The van der Waals surface area contributed by atoms with Gasteiger partial charge in [-0.15, -0.1) is 0 Å². The second-order valence-corrected chi connectivity index (χ2v) is 7.56. The van der Waals surface area contributed by atoms with Gasteiger partial charge >= 0.3 is 0 Å². The molecule has 2 aromatic rings. The molecule has 1 aliphatic heterocycles. The third-order valence-electron chi connectivity index (χ3n) is 5.16. The lowest BCUT2D eigenvalue weighted by Gasteiger charge is -2.28. The number of nitrogens with zero attached hydrogens (tertiary/aromatic N) is 1. The fraction of sp³-hybridized carbons (Fsp3) is 0.435. The Bertz CT molecular complexity index is 754. The molecule has 1 fully saturated rings. The lowest BCUT2D eigenvalue weighted by molar-refractivity contribution is -0.139. The fourth-order valence-corrected chi connectivity index (χ4v) is 3.75. The maximum absolute atomic E-state index is 13.1. The molecule has 2 aromatic carbocycles. The quantitative estimate of drug-likeness (QED) is 0.736. The van der Waals surface area contributed by atoms with Crippen LogP contribution in [0.25, 0.3) is 0 Å². The third kappa shape index (κ3) is 3.92. The van der Waals surface area contributed by atoms with E-state index in [0.717, 1.165) is 36.3 Å². The van der Waals surface area contributed by atoms with E-state index in [1.54, 1.807) is 0 Å². The van der Waals surface area contributed by atoms with Gasteiger partial charge in [-0.25, -0.2) is 0 Å². The second-order valence-electron chi connectivity index (χ2n) is 7.56. The van der Waals surface area contributed by atoms with Crippen LogP contribution in [0, 0.1) is 6.92 Å². The van der Waals surface area contributed by atoms with Gasteiger partial charge in [-0.3, -0.25) is 4.79 Å². The summed E-state index contributed by atoms with van der Waals surface area (Å²) in [5.41, 5.74) is 3.51. The summed E-state index contributed by atoms with van der Waals surface area (Å²) in [6, 6.07) is 16.7. The van der Waals surface area contributed by atoms with Crippen molar-refractivity contribution >= 4 is 5.91 Å². The number of benzene rings is 2. The molecular weight excluding hydrogens is 322 g/mol. The van der Waals surface area contributed by atoms with E-state index < -0.39 is 6.10 Å². The van der Waals surface area contributed by atoms with Crippen molar-refractivity contribution in [2.24, 2.45) is 0 Å². The largest absolute Gasteiger partial charge is 0.481 e. The monoisotopic (exact) mass is 351 g/mol. The van der Waals surface area contributed by atoms with E-state index >= 15 is 0 Å². The zero-order valence-corrected chi connectivity index (χ0v) is 16.2. The molecule has 138 valence electrons. The summed E-state index contributed by atoms with van der Waals surface area (Å²) in [4.78, 5) is 15.1. The Balaban J connectivity index is 1.77. The molecule has 3 rings (SSSR count). The summed E-state index contributed by atoms with van der Waals surface area (Å²) in [6.45, 7) is 9.02. The third-order valence-corrected chi connectivity index (χ3v) is 5.16. The Hall–Kier alpha value is -2.29. The van der Waals surface area contributed by atoms with Crippen LogP contribution in [-0.2, 0) is 4.79 Å². The normalized spacial score (nSPS) is 18.2. The highest BCUT2D eigenvalue weighted by Gasteiger charge is 2.33. The number of aryl methyl sites for hydroxylation is 1. The molecule has 0 saturated carbocycles. The second kappa shape index (κ2) is 7.94. The summed E-state index contributed by atoms with van der Waals surface area (Å²) >= 11 is 0. The molecular formula is C23H29NO2. The minimum atomic E-state index is -0.487. The molecule has 0 bridgehead atoms. The predicted octanol–water partition coefficient (Wildman–Crippen LogP) is 5.25. The first kappa shape index (κ1) is 18.5. The van der Waals surface area contributed by atoms with Gasteiger partial charge in [0.15, 0.2) is 6.10 Å². The number of hydrogen-bond donors (Lipinski definition) is 0. The van der Waals surface area contributed by atoms with Gasteiger partial charge in [-0.1, -0.05) is 56.3 Å². The number of carbonyl (C=O) groups excluding carboxylic acids is 1. The van der Waals surface area contributed by atoms with Crippen molar-refractivity contribution in [2.75, 3.05) is 6.54 Å². The maximum atomic E-state index is 13.1. The summed E-state index contributed by atoms with van der Waals surface area (Å²) in [7, 11) is 0. The standard InChI is InChI=1S/C23H29NO2/c1-16(2)20-13-12-17(3)15-22(20)26-18(4)23(25)24-14-8-11-21(24)19-9-6-5-7-10-19/h5-7,9-10,12-13,15-16,18,21H,8,11,14H2,1-4H3. The highest BCUT2D eigenvalue weighted by atomic mass is 16.5. The smallest absolute Gasteiger partial charge is 0.263 e. The molecule has 26 heavy (non-hydrogen) atoms. The molecule has 3 nitrogen and oxygen atoms in total. The average molecular weight is 351 g/mol. The van der Waals surface area contributed by atoms with E-state index in [-0.39, 0.29) is 11.9 Å². The van der Waals surface area contributed by atoms with Gasteiger partial charge in [0.05, 0.1) is 6.04 Å². The van der Waals surface area contributed by atoms with E-state index in [2.05, 4.69) is 45.0 Å². The molecule has 0 aliphatic carbocycles. The molecule has 0 N–H and O–H groups in total. The van der Waals surface area contributed by atoms with Crippen LogP contribution in [0.4, 0.5) is 0 Å². The molecule has 0 spiro atoms. The lowest BCUT2D eigenvalue weighted by Crippen LogP contribution is -2.40. The summed E-state index contributed by atoms with van der Waals surface area (Å²) in [6.07, 6.45) is 1.57. The topological polar surface area (TPSA) is 29.5 Å². The van der Waals surface area contributed by atoms with Crippen molar-refractivity contribution in [1.29, 1.82) is 0 Å². The van der Waals surface area contributed by atoms with Crippen LogP contribution in [0.1, 0.15) is 62.3 Å². The summed E-state index contributed by atoms with van der Waals surface area (Å²) < 4.78 is 6.15. The Morgan fingerprint density at radius 1 is 1.12 bits per heavy atom. The number of hydrogen-bond acceptors (Lipinski definition) is 2. The average Bonchev–Trinajstić information content (AvgIpc) is 3.11. The Kier molecular flexibility index (Phi) is 5.65. The first-order valence-electron chi connectivity index (χ1n) is 9.60. The van der Waals surface area contributed by atoms with Crippen LogP contribution in [0.5, 0.6) is 5.75 Å². The predicted molar refractivity (Wildman–Crippen MR) is 105 cm³/mol. The minimum Gasteiger partial charge on any atom is -0.481 e. The van der Waals surface area contributed by atoms with Crippen molar-refractivity contribution in [3.63, 3.8) is 0 Å². The highest BCUT2D eigenvalue weighted by molar-refractivity contribution is 5.81. The number of ether oxygens (including phenoxy) is 1. The Morgan fingerprint density at radius 2 is 1.85 bits per heavy atom. The zero-order valence-electron chi connectivity index (χ0n) is 16.2. The number of rotatable bonds is 5. The van der Waals surface area contributed by atoms with Gasteiger partial charge in [0, 0.05) is 6.54 Å². The van der Waals surface area contributed by atoms with Crippen molar-refractivity contribution in [3.05, 3.63) is 65.2 Å². The van der Waals surface area contributed by atoms with Crippen molar-refractivity contribution < 1.29 is 9.53 Å². The van der Waals surface area contributed by atoms with Crippen LogP contribution in [0.15, 0.2) is 48.5 Å². The number of likely N-dealkylation sites (tertiary alicyclic amines) is 1. The Morgan fingerprint density at radius 3 is 2.54 bits per heavy atom. The maximum Gasteiger partial charge on any atom is 0.263 e. The minimum absolute atomic E-state index is 0.0764. The van der Waals surface area contributed by atoms with Crippen LogP contribution in [-0.4, -0.2) is 23.5 Å². The molecule has 2 unspecified atom stereocenters. The van der Waals surface area contributed by atoms with Crippen LogP contribution < -0.4 is 4.74 Å². The van der Waals surface area contributed by atoms with Gasteiger partial charge in [-0.2, -0.15) is 0 Å². The summed E-state index contributed by atoms with van der Waals surface area (Å²) in [5.74, 6) is 1.26. The molecule has 3 heteroatoms. The first-order valence-corrected chi connectivity index (χ1v) is 9.60. The molecule has 1 heterocycles. The van der Waals surface area contributed by atoms with Gasteiger partial charge < -0.3 is 9.64 Å². The molecule has 0 radical (unpaired) electrons. The molecule has 1 aliphatic rings. The number of carbonyl (C=O) groups is 1. The van der Waals surface area contributed by atoms with E-state index in [1.165, 1.54) is 5.56 Å².